The van der Waals surface area contributed by atoms with Crippen molar-refractivity contribution in [3.8, 4) is 0 Å². The molecule has 8 unspecified atom stereocenters. The van der Waals surface area contributed by atoms with E-state index in [2.05, 4.69) is 33.5 Å². The molecule has 0 spiro atoms. The van der Waals surface area contributed by atoms with Gasteiger partial charge in [0, 0.05) is 47.1 Å². The van der Waals surface area contributed by atoms with Gasteiger partial charge in [-0.1, -0.05) is 24.3 Å². The topological polar surface area (TPSA) is 218 Å². The Morgan fingerprint density at radius 1 is 0.726 bits per heavy atom. The number of imidazole rings is 2. The number of nitrogens with zero attached hydrogens (tertiary/aromatic N) is 4. The fourth-order valence-electron chi connectivity index (χ4n) is 8.57. The number of alkyl carbamates (subject to hydrolysis) is 1. The molecule has 18 nitrogen and oxygen atoms in total. The van der Waals surface area contributed by atoms with Gasteiger partial charge >= 0.3 is 6.09 Å². The van der Waals surface area contributed by atoms with Gasteiger partial charge in [-0.25, -0.2) is 14.8 Å². The molecule has 4 aliphatic rings. The third-order valence-electron chi connectivity index (χ3n) is 12.3. The summed E-state index contributed by atoms with van der Waals surface area (Å²) in [5.74, 6) is 0.969. The first-order valence-corrected chi connectivity index (χ1v) is 21.4. The molecule has 0 radical (unpaired) electrons. The number of nitrogens with two attached hydrogens (primary N) is 1. The van der Waals surface area contributed by atoms with Crippen LogP contribution in [0.5, 0.6) is 0 Å². The maximum atomic E-state index is 13.9. The summed E-state index contributed by atoms with van der Waals surface area (Å²) in [4.78, 5) is 59.5. The van der Waals surface area contributed by atoms with E-state index in [1.165, 1.54) is 14.2 Å². The van der Waals surface area contributed by atoms with E-state index in [0.717, 1.165) is 71.6 Å². The Bertz CT molecular complexity index is 1970. The number of carbonyl (C=O) groups excluding carboxylic acids is 3. The van der Waals surface area contributed by atoms with Crippen LogP contribution in [0.3, 0.4) is 0 Å². The van der Waals surface area contributed by atoms with E-state index in [1.54, 1.807) is 46.3 Å². The van der Waals surface area contributed by atoms with Gasteiger partial charge in [-0.15, -0.1) is 0 Å². The number of hydrogen-bond donors (Lipinski definition) is 4. The zero-order valence-electron chi connectivity index (χ0n) is 37.0. The average molecular weight is 865 g/mol. The number of carbonyl (C=O) groups is 3. The molecule has 4 heterocycles. The van der Waals surface area contributed by atoms with Gasteiger partial charge in [0.15, 0.2) is 0 Å². The largest absolute Gasteiger partial charge is 0.453 e. The Balaban J connectivity index is 1.26. The summed E-state index contributed by atoms with van der Waals surface area (Å²) in [6.45, 7) is 6.10. The van der Waals surface area contributed by atoms with Gasteiger partial charge < -0.3 is 64.0 Å². The number of H-pyrrole nitrogens is 2. The number of aromatic amines is 2. The maximum Gasteiger partial charge on any atom is 0.407 e. The molecule has 2 aromatic heterocycles. The second-order valence-electron chi connectivity index (χ2n) is 16.0. The highest BCUT2D eigenvalue weighted by Crippen LogP contribution is 2.40. The first kappa shape index (κ1) is 46.8. The molecule has 18 heteroatoms. The molecule has 2 saturated heterocycles. The van der Waals surface area contributed by atoms with Gasteiger partial charge in [-0.2, -0.15) is 0 Å². The van der Waals surface area contributed by atoms with Crippen molar-refractivity contribution < 1.29 is 47.5 Å². The Morgan fingerprint density at radius 3 is 1.82 bits per heavy atom. The quantitative estimate of drug-likeness (QED) is 0.140. The zero-order chi connectivity index (χ0) is 44.3. The fraction of sp³-hybridized carbons (Fsp3) is 0.614. The molecule has 0 saturated carbocycles. The summed E-state index contributed by atoms with van der Waals surface area (Å²) in [6, 6.07) is -2.20. The van der Waals surface area contributed by atoms with E-state index in [-0.39, 0.29) is 23.9 Å². The van der Waals surface area contributed by atoms with Gasteiger partial charge in [-0.05, 0) is 69.1 Å². The molecule has 8 atom stereocenters. The molecular weight excluding hydrogens is 801 g/mol. The van der Waals surface area contributed by atoms with E-state index in [9.17, 15) is 14.4 Å². The Hall–Kier alpha value is -4.69. The number of aromatic nitrogens is 4. The van der Waals surface area contributed by atoms with Crippen LogP contribution in [0.4, 0.5) is 4.79 Å². The lowest BCUT2D eigenvalue weighted by Gasteiger charge is -2.35. The van der Waals surface area contributed by atoms with Crippen LogP contribution < -0.4 is 11.1 Å². The zero-order valence-corrected chi connectivity index (χ0v) is 37.0. The second-order valence-corrected chi connectivity index (χ2v) is 16.0. The number of rotatable bonds is 20. The lowest BCUT2D eigenvalue weighted by atomic mass is 9.83. The Labute approximate surface area is 363 Å². The predicted octanol–water partition coefficient (Wildman–Crippen LogP) is 3.77. The van der Waals surface area contributed by atoms with Gasteiger partial charge in [0.05, 0.1) is 81.6 Å². The molecule has 2 aliphatic heterocycles. The smallest absolute Gasteiger partial charge is 0.407 e. The molecule has 2 aromatic rings. The SMILES string of the molecule is COCCOC1C(C2=CC=C(c3cnc(C4CCCN4C(=O)C(N)C(C)OC)[nH]3)CC2)=CC=C(c2cnc(C3CCCN3C(=O)C(NC(=O)OC)C(C)OC)[nH]2)C1OCCOC. The van der Waals surface area contributed by atoms with Crippen molar-refractivity contribution in [3.63, 3.8) is 0 Å². The van der Waals surface area contributed by atoms with E-state index in [4.69, 9.17) is 48.9 Å². The molecular formula is C44H64N8O10. The molecule has 5 N–H and O–H groups in total. The monoisotopic (exact) mass is 864 g/mol. The van der Waals surface area contributed by atoms with Crippen LogP contribution in [0.25, 0.3) is 11.1 Å². The van der Waals surface area contributed by atoms with Gasteiger partial charge in [-0.3, -0.25) is 9.59 Å². The lowest BCUT2D eigenvalue weighted by molar-refractivity contribution is -0.138. The molecule has 340 valence electrons. The van der Waals surface area contributed by atoms with Crippen molar-refractivity contribution in [2.24, 2.45) is 5.73 Å². The summed E-state index contributed by atoms with van der Waals surface area (Å²) in [5.41, 5.74) is 12.0. The average Bonchev–Trinajstić information content (AvgIpc) is 4.15. The molecule has 0 bridgehead atoms. The Kier molecular flexibility index (Phi) is 16.7. The van der Waals surface area contributed by atoms with Gasteiger partial charge in [0.1, 0.15) is 35.9 Å². The minimum atomic E-state index is -0.942. The summed E-state index contributed by atoms with van der Waals surface area (Å²) in [5, 5.41) is 2.64. The molecule has 2 fully saturated rings. The number of methoxy groups -OCH3 is 5. The minimum absolute atomic E-state index is 0.133. The van der Waals surface area contributed by atoms with E-state index in [1.807, 2.05) is 17.2 Å². The van der Waals surface area contributed by atoms with Crippen LogP contribution >= 0.6 is 0 Å². The molecule has 3 amide bonds. The number of hydrogen-bond acceptors (Lipinski definition) is 13. The molecule has 0 aromatic carbocycles. The summed E-state index contributed by atoms with van der Waals surface area (Å²) < 4.78 is 39.6. The number of amides is 3. The van der Waals surface area contributed by atoms with Crippen LogP contribution in [-0.2, 0) is 42.7 Å². The molecule has 62 heavy (non-hydrogen) atoms. The second kappa shape index (κ2) is 22.1. The number of ether oxygens (including phenoxy) is 7. The third kappa shape index (κ3) is 10.6. The van der Waals surface area contributed by atoms with Crippen LogP contribution in [0.2, 0.25) is 0 Å². The number of allylic oxidation sites excluding steroid dienone is 5. The van der Waals surface area contributed by atoms with Crippen molar-refractivity contribution in [1.29, 1.82) is 0 Å². The van der Waals surface area contributed by atoms with Crippen LogP contribution in [0.15, 0.2) is 47.8 Å². The lowest BCUT2D eigenvalue weighted by Crippen LogP contribution is -2.54. The highest BCUT2D eigenvalue weighted by Gasteiger charge is 2.41. The number of nitrogens with one attached hydrogen (secondary N) is 3. The van der Waals surface area contributed by atoms with E-state index in [0.29, 0.717) is 51.8 Å². The van der Waals surface area contributed by atoms with Crippen LogP contribution in [-0.4, -0.2) is 159 Å². The van der Waals surface area contributed by atoms with Crippen molar-refractivity contribution in [3.05, 3.63) is 70.9 Å². The predicted molar refractivity (Wildman–Crippen MR) is 229 cm³/mol. The van der Waals surface area contributed by atoms with E-state index < -0.39 is 42.6 Å². The molecule has 6 rings (SSSR count). The standard InChI is InChI=1S/C44H64N8O10/c1-26(58-5)36(45)42(53)51-18-8-10-34(51)40-46-24-32(48-40)29-14-12-28(13-15-29)30-16-17-31(39(62-23-21-57-4)38(30)61-22-20-56-3)33-25-47-41(49-33)35-11-9-19-52(35)43(54)37(27(2)59-6)50-44(55)60-7/h12,14,16-17,24-27,34-39H,8-11,13,15,18-23,45H2,1-7H3,(H,46,48)(H,47,49)(H,50,55). The summed E-state index contributed by atoms with van der Waals surface area (Å²) >= 11 is 0. The first-order chi connectivity index (χ1) is 30.0. The van der Waals surface area contributed by atoms with Crippen molar-refractivity contribution >= 4 is 29.1 Å². The summed E-state index contributed by atoms with van der Waals surface area (Å²) in [6.07, 6.45) is 13.9. The number of likely N-dealkylation sites (tertiary alicyclic amines) is 2. The Morgan fingerprint density at radius 2 is 1.26 bits per heavy atom. The third-order valence-corrected chi connectivity index (χ3v) is 12.3. The highest BCUT2D eigenvalue weighted by molar-refractivity contribution is 5.87. The minimum Gasteiger partial charge on any atom is -0.453 e. The fourth-order valence-corrected chi connectivity index (χ4v) is 8.57. The maximum absolute atomic E-state index is 13.9. The molecule has 2 aliphatic carbocycles. The van der Waals surface area contributed by atoms with Crippen molar-refractivity contribution in [2.45, 2.75) is 101 Å². The van der Waals surface area contributed by atoms with Crippen LogP contribution in [0, 0.1) is 0 Å². The summed E-state index contributed by atoms with van der Waals surface area (Å²) in [7, 11) is 7.58. The van der Waals surface area contributed by atoms with Gasteiger partial charge in [0.2, 0.25) is 11.8 Å². The highest BCUT2D eigenvalue weighted by atomic mass is 16.6. The first-order valence-electron chi connectivity index (χ1n) is 21.4. The van der Waals surface area contributed by atoms with E-state index >= 15 is 0 Å². The van der Waals surface area contributed by atoms with Gasteiger partial charge in [0.25, 0.3) is 0 Å². The van der Waals surface area contributed by atoms with Crippen molar-refractivity contribution in [2.75, 3.05) is 75.1 Å². The van der Waals surface area contributed by atoms with Crippen molar-refractivity contribution in [1.82, 2.24) is 35.1 Å². The van der Waals surface area contributed by atoms with Crippen LogP contribution in [0.1, 0.15) is 87.5 Å². The normalized spacial score (nSPS) is 23.5.